The quantitative estimate of drug-likeness (QED) is 0.838. The van der Waals surface area contributed by atoms with Crippen LogP contribution in [0, 0.1) is 6.92 Å². The number of nitrogens with one attached hydrogen (secondary N) is 1. The summed E-state index contributed by atoms with van der Waals surface area (Å²) in [7, 11) is 0. The molecule has 0 aliphatic rings. The van der Waals surface area contributed by atoms with E-state index >= 15 is 0 Å². The van der Waals surface area contributed by atoms with Gasteiger partial charge >= 0.3 is 0 Å². The topological polar surface area (TPSA) is 41.5 Å². The first-order chi connectivity index (χ1) is 10.0. The molecule has 0 fully saturated rings. The molecule has 1 atom stereocenters. The van der Waals surface area contributed by atoms with Crippen LogP contribution >= 0.6 is 23.2 Å². The fraction of sp³-hybridized carbons (Fsp3) is 0.250. The van der Waals surface area contributed by atoms with Crippen LogP contribution in [0.25, 0.3) is 0 Å². The van der Waals surface area contributed by atoms with E-state index < -0.39 is 6.10 Å². The summed E-state index contributed by atoms with van der Waals surface area (Å²) in [5, 5.41) is 14.1. The Morgan fingerprint density at radius 2 is 2.00 bits per heavy atom. The Bertz CT molecular complexity index is 605. The second-order valence-corrected chi connectivity index (χ2v) is 5.63. The van der Waals surface area contributed by atoms with Crippen molar-refractivity contribution in [2.75, 3.05) is 18.5 Å². The van der Waals surface area contributed by atoms with Crippen LogP contribution in [0.2, 0.25) is 10.0 Å². The van der Waals surface area contributed by atoms with Crippen molar-refractivity contribution in [2.24, 2.45) is 0 Å². The molecule has 0 spiro atoms. The molecule has 0 bridgehead atoms. The van der Waals surface area contributed by atoms with Gasteiger partial charge in [0.15, 0.2) is 0 Å². The van der Waals surface area contributed by atoms with E-state index in [1.807, 2.05) is 31.2 Å². The number of aliphatic hydroxyl groups is 1. The number of ether oxygens (including phenoxy) is 1. The molecule has 0 heterocycles. The van der Waals surface area contributed by atoms with Crippen LogP contribution in [-0.2, 0) is 0 Å². The highest BCUT2D eigenvalue weighted by molar-refractivity contribution is 6.35. The predicted octanol–water partition coefficient (Wildman–Crippen LogP) is 4.15. The normalized spacial score (nSPS) is 12.0. The zero-order chi connectivity index (χ0) is 15.2. The summed E-state index contributed by atoms with van der Waals surface area (Å²) in [6.07, 6.45) is -0.641. The maximum Gasteiger partial charge on any atom is 0.138 e. The van der Waals surface area contributed by atoms with Crippen LogP contribution in [0.4, 0.5) is 5.69 Å². The molecule has 2 aromatic carbocycles. The van der Waals surface area contributed by atoms with Crippen LogP contribution in [-0.4, -0.2) is 24.4 Å². The van der Waals surface area contributed by atoms with Gasteiger partial charge in [0.2, 0.25) is 0 Å². The van der Waals surface area contributed by atoms with Gasteiger partial charge in [0.1, 0.15) is 18.5 Å². The Morgan fingerprint density at radius 3 is 2.71 bits per heavy atom. The maximum atomic E-state index is 9.93. The fourth-order valence-corrected chi connectivity index (χ4v) is 2.29. The predicted molar refractivity (Wildman–Crippen MR) is 87.6 cm³/mol. The summed E-state index contributed by atoms with van der Waals surface area (Å²) >= 11 is 11.8. The summed E-state index contributed by atoms with van der Waals surface area (Å²) in [4.78, 5) is 0. The molecule has 0 aliphatic carbocycles. The number of benzene rings is 2. The van der Waals surface area contributed by atoms with E-state index in [-0.39, 0.29) is 6.61 Å². The van der Waals surface area contributed by atoms with Crippen molar-refractivity contribution in [3.05, 3.63) is 58.1 Å². The molecule has 1 unspecified atom stereocenters. The first-order valence-electron chi connectivity index (χ1n) is 6.61. The van der Waals surface area contributed by atoms with Crippen molar-refractivity contribution in [1.82, 2.24) is 0 Å². The van der Waals surface area contributed by atoms with Crippen molar-refractivity contribution in [3.63, 3.8) is 0 Å². The highest BCUT2D eigenvalue weighted by Crippen LogP contribution is 2.27. The van der Waals surface area contributed by atoms with Crippen LogP contribution < -0.4 is 10.1 Å². The molecule has 21 heavy (non-hydrogen) atoms. The Balaban J connectivity index is 1.80. The monoisotopic (exact) mass is 325 g/mol. The Hall–Kier alpha value is -1.42. The van der Waals surface area contributed by atoms with E-state index in [9.17, 15) is 5.11 Å². The SMILES string of the molecule is Cc1cccc(NCC(O)COc2ccc(Cl)cc2Cl)c1. The van der Waals surface area contributed by atoms with Gasteiger partial charge in [-0.3, -0.25) is 0 Å². The van der Waals surface area contributed by atoms with E-state index in [0.29, 0.717) is 22.3 Å². The van der Waals surface area contributed by atoms with Crippen LogP contribution in [0.3, 0.4) is 0 Å². The molecule has 2 N–H and O–H groups in total. The number of hydrogen-bond acceptors (Lipinski definition) is 3. The lowest BCUT2D eigenvalue weighted by Gasteiger charge is -2.15. The van der Waals surface area contributed by atoms with Crippen LogP contribution in [0.15, 0.2) is 42.5 Å². The van der Waals surface area contributed by atoms with E-state index in [4.69, 9.17) is 27.9 Å². The van der Waals surface area contributed by atoms with Gasteiger partial charge in [0.25, 0.3) is 0 Å². The molecular weight excluding hydrogens is 309 g/mol. The van der Waals surface area contributed by atoms with Crippen molar-refractivity contribution >= 4 is 28.9 Å². The minimum absolute atomic E-state index is 0.153. The largest absolute Gasteiger partial charge is 0.489 e. The number of halogens is 2. The summed E-state index contributed by atoms with van der Waals surface area (Å²) in [5.41, 5.74) is 2.14. The van der Waals surface area contributed by atoms with E-state index in [1.165, 1.54) is 5.56 Å². The smallest absolute Gasteiger partial charge is 0.138 e. The van der Waals surface area contributed by atoms with Gasteiger partial charge in [-0.25, -0.2) is 0 Å². The van der Waals surface area contributed by atoms with Crippen molar-refractivity contribution < 1.29 is 9.84 Å². The first kappa shape index (κ1) is 16.0. The second-order valence-electron chi connectivity index (χ2n) is 4.79. The highest BCUT2D eigenvalue weighted by Gasteiger charge is 2.08. The third-order valence-electron chi connectivity index (χ3n) is 2.89. The second kappa shape index (κ2) is 7.55. The molecule has 0 radical (unpaired) electrons. The van der Waals surface area contributed by atoms with Crippen molar-refractivity contribution in [1.29, 1.82) is 0 Å². The number of rotatable bonds is 6. The molecule has 0 aliphatic heterocycles. The van der Waals surface area contributed by atoms with Gasteiger partial charge in [0.05, 0.1) is 5.02 Å². The molecule has 3 nitrogen and oxygen atoms in total. The Kier molecular flexibility index (Phi) is 5.74. The van der Waals surface area contributed by atoms with Gasteiger partial charge in [-0.15, -0.1) is 0 Å². The van der Waals surface area contributed by atoms with Crippen molar-refractivity contribution in [2.45, 2.75) is 13.0 Å². The summed E-state index contributed by atoms with van der Waals surface area (Å²) in [6, 6.07) is 12.9. The molecule has 0 aromatic heterocycles. The lowest BCUT2D eigenvalue weighted by Crippen LogP contribution is -2.26. The zero-order valence-electron chi connectivity index (χ0n) is 11.6. The molecule has 2 rings (SSSR count). The molecular formula is C16H17Cl2NO2. The number of aliphatic hydroxyl groups excluding tert-OH is 1. The zero-order valence-corrected chi connectivity index (χ0v) is 13.2. The van der Waals surface area contributed by atoms with Gasteiger partial charge in [0, 0.05) is 17.3 Å². The Labute approximate surface area is 134 Å². The standard InChI is InChI=1S/C16H17Cl2NO2/c1-11-3-2-4-13(7-11)19-9-14(20)10-21-16-6-5-12(17)8-15(16)18/h2-8,14,19-20H,9-10H2,1H3. The Morgan fingerprint density at radius 1 is 1.19 bits per heavy atom. The average Bonchev–Trinajstić information content (AvgIpc) is 2.44. The number of hydrogen-bond donors (Lipinski definition) is 2. The number of anilines is 1. The minimum Gasteiger partial charge on any atom is -0.489 e. The third kappa shape index (κ3) is 5.12. The highest BCUT2D eigenvalue weighted by atomic mass is 35.5. The molecule has 0 saturated carbocycles. The minimum atomic E-state index is -0.641. The molecule has 5 heteroatoms. The van der Waals surface area contributed by atoms with E-state index in [0.717, 1.165) is 5.69 Å². The average molecular weight is 326 g/mol. The van der Waals surface area contributed by atoms with Gasteiger partial charge < -0.3 is 15.2 Å². The van der Waals surface area contributed by atoms with E-state index in [1.54, 1.807) is 18.2 Å². The fourth-order valence-electron chi connectivity index (χ4n) is 1.83. The third-order valence-corrected chi connectivity index (χ3v) is 3.42. The lowest BCUT2D eigenvalue weighted by atomic mass is 10.2. The first-order valence-corrected chi connectivity index (χ1v) is 7.36. The summed E-state index contributed by atoms with van der Waals surface area (Å²) in [6.45, 7) is 2.57. The molecule has 0 amide bonds. The van der Waals surface area contributed by atoms with Crippen molar-refractivity contribution in [3.8, 4) is 5.75 Å². The number of aryl methyl sites for hydroxylation is 1. The maximum absolute atomic E-state index is 9.93. The van der Waals surface area contributed by atoms with Gasteiger partial charge in [-0.1, -0.05) is 35.3 Å². The van der Waals surface area contributed by atoms with Crippen LogP contribution in [0.1, 0.15) is 5.56 Å². The van der Waals surface area contributed by atoms with Gasteiger partial charge in [-0.05, 0) is 42.8 Å². The summed E-state index contributed by atoms with van der Waals surface area (Å²) < 4.78 is 5.49. The van der Waals surface area contributed by atoms with Gasteiger partial charge in [-0.2, -0.15) is 0 Å². The van der Waals surface area contributed by atoms with E-state index in [2.05, 4.69) is 5.32 Å². The molecule has 112 valence electrons. The molecule has 2 aromatic rings. The lowest BCUT2D eigenvalue weighted by molar-refractivity contribution is 0.117. The summed E-state index contributed by atoms with van der Waals surface area (Å²) in [5.74, 6) is 0.510. The molecule has 0 saturated heterocycles. The van der Waals surface area contributed by atoms with Crippen LogP contribution in [0.5, 0.6) is 5.75 Å².